The second-order valence-corrected chi connectivity index (χ2v) is 6.31. The highest BCUT2D eigenvalue weighted by molar-refractivity contribution is 9.10. The molecular formula is C10H11BrN4O2S. The van der Waals surface area contributed by atoms with E-state index in [0.29, 0.717) is 5.56 Å². The number of H-pyrrole nitrogens is 1. The number of nitrogens with zero attached hydrogens (tertiary/aromatic N) is 2. The first-order valence-electron chi connectivity index (χ1n) is 5.05. The highest BCUT2D eigenvalue weighted by Gasteiger charge is 2.19. The second-order valence-electron chi connectivity index (χ2n) is 3.81. The molecule has 1 heterocycles. The zero-order valence-electron chi connectivity index (χ0n) is 9.73. The molecule has 18 heavy (non-hydrogen) atoms. The van der Waals surface area contributed by atoms with Gasteiger partial charge in [0.1, 0.15) is 6.33 Å². The van der Waals surface area contributed by atoms with Crippen LogP contribution in [0.25, 0.3) is 0 Å². The van der Waals surface area contributed by atoms with Gasteiger partial charge in [0.25, 0.3) is 10.0 Å². The van der Waals surface area contributed by atoms with Crippen LogP contribution in [0.3, 0.4) is 0 Å². The van der Waals surface area contributed by atoms with Crippen molar-refractivity contribution >= 4 is 31.9 Å². The van der Waals surface area contributed by atoms with Crippen molar-refractivity contribution in [2.45, 2.75) is 18.7 Å². The molecule has 1 aromatic carbocycles. The fourth-order valence-corrected chi connectivity index (χ4v) is 3.25. The third kappa shape index (κ3) is 2.54. The van der Waals surface area contributed by atoms with E-state index in [1.807, 2.05) is 6.92 Å². The van der Waals surface area contributed by atoms with Crippen LogP contribution in [0.2, 0.25) is 0 Å². The molecule has 2 N–H and O–H groups in total. The van der Waals surface area contributed by atoms with E-state index >= 15 is 0 Å². The van der Waals surface area contributed by atoms with Gasteiger partial charge in [0.15, 0.2) is 0 Å². The summed E-state index contributed by atoms with van der Waals surface area (Å²) in [4.78, 5) is 3.93. The standard InChI is InChI=1S/C10H11BrN4O2S/c1-6-3-7(2)9(4-8(6)11)18(16,17)15-10-12-5-13-14-10/h3-5H,1-2H3,(H2,12,13,14,15). The first-order chi connectivity index (χ1) is 8.40. The lowest BCUT2D eigenvalue weighted by Crippen LogP contribution is -2.15. The van der Waals surface area contributed by atoms with Crippen molar-refractivity contribution < 1.29 is 8.42 Å². The van der Waals surface area contributed by atoms with Crippen molar-refractivity contribution in [3.05, 3.63) is 34.1 Å². The minimum atomic E-state index is -3.67. The molecule has 0 amide bonds. The monoisotopic (exact) mass is 330 g/mol. The first-order valence-corrected chi connectivity index (χ1v) is 7.33. The topological polar surface area (TPSA) is 87.7 Å². The Morgan fingerprint density at radius 2 is 2.00 bits per heavy atom. The maximum atomic E-state index is 12.2. The van der Waals surface area contributed by atoms with Crippen molar-refractivity contribution in [1.82, 2.24) is 15.2 Å². The number of aromatic amines is 1. The van der Waals surface area contributed by atoms with Gasteiger partial charge in [0.2, 0.25) is 5.95 Å². The van der Waals surface area contributed by atoms with Gasteiger partial charge in [-0.25, -0.2) is 18.2 Å². The Labute approximate surface area is 113 Å². The fraction of sp³-hybridized carbons (Fsp3) is 0.200. The predicted molar refractivity (Wildman–Crippen MR) is 70.8 cm³/mol. The van der Waals surface area contributed by atoms with E-state index in [1.165, 1.54) is 6.33 Å². The molecule has 0 aliphatic rings. The minimum Gasteiger partial charge on any atom is -0.248 e. The van der Waals surface area contributed by atoms with Crippen LogP contribution in [0, 0.1) is 13.8 Å². The summed E-state index contributed by atoms with van der Waals surface area (Å²) < 4.78 is 27.4. The number of halogens is 1. The zero-order chi connectivity index (χ0) is 13.3. The second kappa shape index (κ2) is 4.69. The van der Waals surface area contributed by atoms with Gasteiger partial charge < -0.3 is 0 Å². The molecule has 6 nitrogen and oxygen atoms in total. The third-order valence-corrected chi connectivity index (χ3v) is 4.73. The van der Waals surface area contributed by atoms with Crippen LogP contribution in [0.5, 0.6) is 0 Å². The zero-order valence-corrected chi connectivity index (χ0v) is 12.1. The number of aryl methyl sites for hydroxylation is 2. The van der Waals surface area contributed by atoms with E-state index in [-0.39, 0.29) is 10.8 Å². The molecule has 0 unspecified atom stereocenters. The number of rotatable bonds is 3. The molecular weight excluding hydrogens is 320 g/mol. The number of hydrogen-bond acceptors (Lipinski definition) is 4. The van der Waals surface area contributed by atoms with Crippen LogP contribution in [0.1, 0.15) is 11.1 Å². The summed E-state index contributed by atoms with van der Waals surface area (Å²) in [7, 11) is -3.67. The molecule has 0 saturated heterocycles. The van der Waals surface area contributed by atoms with Crippen LogP contribution < -0.4 is 4.72 Å². The number of aromatic nitrogens is 3. The van der Waals surface area contributed by atoms with Crippen LogP contribution in [0.4, 0.5) is 5.95 Å². The van der Waals surface area contributed by atoms with Gasteiger partial charge in [-0.15, -0.1) is 0 Å². The molecule has 0 radical (unpaired) electrons. The molecule has 0 aliphatic carbocycles. The Kier molecular flexibility index (Phi) is 3.40. The van der Waals surface area contributed by atoms with Crippen LogP contribution in [-0.2, 0) is 10.0 Å². The highest BCUT2D eigenvalue weighted by atomic mass is 79.9. The van der Waals surface area contributed by atoms with E-state index in [1.54, 1.807) is 19.1 Å². The van der Waals surface area contributed by atoms with Gasteiger partial charge in [0, 0.05) is 4.47 Å². The normalized spacial score (nSPS) is 11.5. The summed E-state index contributed by atoms with van der Waals surface area (Å²) in [6.45, 7) is 3.64. The molecule has 0 atom stereocenters. The lowest BCUT2D eigenvalue weighted by molar-refractivity contribution is 0.600. The van der Waals surface area contributed by atoms with Gasteiger partial charge in [-0.05, 0) is 31.0 Å². The van der Waals surface area contributed by atoms with Crippen LogP contribution in [0.15, 0.2) is 27.8 Å². The van der Waals surface area contributed by atoms with Crippen molar-refractivity contribution in [2.24, 2.45) is 0 Å². The summed E-state index contributed by atoms with van der Waals surface area (Å²) in [6, 6.07) is 3.38. The Morgan fingerprint density at radius 1 is 1.28 bits per heavy atom. The molecule has 8 heteroatoms. The predicted octanol–water partition coefficient (Wildman–Crippen LogP) is 1.98. The van der Waals surface area contributed by atoms with Gasteiger partial charge in [-0.3, -0.25) is 0 Å². The maximum absolute atomic E-state index is 12.2. The average molecular weight is 331 g/mol. The largest absolute Gasteiger partial charge is 0.264 e. The van der Waals surface area contributed by atoms with Crippen molar-refractivity contribution in [1.29, 1.82) is 0 Å². The number of sulfonamides is 1. The SMILES string of the molecule is Cc1cc(C)c(S(=O)(=O)Nc2ncn[nH]2)cc1Br. The lowest BCUT2D eigenvalue weighted by atomic mass is 10.2. The summed E-state index contributed by atoms with van der Waals surface area (Å²) in [5, 5.41) is 6.03. The Morgan fingerprint density at radius 3 is 2.61 bits per heavy atom. The Bertz CT molecular complexity index is 667. The quantitative estimate of drug-likeness (QED) is 0.900. The minimum absolute atomic E-state index is 0.0890. The Balaban J connectivity index is 2.44. The Hall–Kier alpha value is -1.41. The lowest BCUT2D eigenvalue weighted by Gasteiger charge is -2.10. The van der Waals surface area contributed by atoms with Gasteiger partial charge in [0.05, 0.1) is 4.90 Å². The average Bonchev–Trinajstić information content (AvgIpc) is 2.75. The van der Waals surface area contributed by atoms with Crippen molar-refractivity contribution in [3.63, 3.8) is 0 Å². The third-order valence-electron chi connectivity index (χ3n) is 2.39. The molecule has 0 fully saturated rings. The maximum Gasteiger partial charge on any atom is 0.264 e. The highest BCUT2D eigenvalue weighted by Crippen LogP contribution is 2.25. The number of nitrogens with one attached hydrogen (secondary N) is 2. The van der Waals surface area contributed by atoms with E-state index in [0.717, 1.165) is 10.0 Å². The van der Waals surface area contributed by atoms with E-state index in [2.05, 4.69) is 35.8 Å². The van der Waals surface area contributed by atoms with Gasteiger partial charge >= 0.3 is 0 Å². The van der Waals surface area contributed by atoms with Crippen LogP contribution in [-0.4, -0.2) is 23.6 Å². The summed E-state index contributed by atoms with van der Waals surface area (Å²) in [5.41, 5.74) is 1.65. The van der Waals surface area contributed by atoms with Gasteiger partial charge in [-0.1, -0.05) is 22.0 Å². The molecule has 0 aliphatic heterocycles. The van der Waals surface area contributed by atoms with E-state index < -0.39 is 10.0 Å². The van der Waals surface area contributed by atoms with Crippen molar-refractivity contribution in [2.75, 3.05) is 4.72 Å². The summed E-state index contributed by atoms with van der Waals surface area (Å²) in [5.74, 6) is 0.0890. The summed E-state index contributed by atoms with van der Waals surface area (Å²) in [6.07, 6.45) is 1.23. The smallest absolute Gasteiger partial charge is 0.248 e. The molecule has 0 bridgehead atoms. The molecule has 96 valence electrons. The van der Waals surface area contributed by atoms with Gasteiger partial charge in [-0.2, -0.15) is 10.1 Å². The molecule has 0 saturated carbocycles. The fourth-order valence-electron chi connectivity index (χ4n) is 1.53. The van der Waals surface area contributed by atoms with Crippen LogP contribution >= 0.6 is 15.9 Å². The molecule has 0 spiro atoms. The van der Waals surface area contributed by atoms with Crippen molar-refractivity contribution in [3.8, 4) is 0 Å². The number of hydrogen-bond donors (Lipinski definition) is 2. The summed E-state index contributed by atoms with van der Waals surface area (Å²) >= 11 is 3.32. The van der Waals surface area contributed by atoms with E-state index in [4.69, 9.17) is 0 Å². The number of anilines is 1. The van der Waals surface area contributed by atoms with E-state index in [9.17, 15) is 8.42 Å². The molecule has 2 rings (SSSR count). The first kappa shape index (κ1) is 13.0. The molecule has 1 aromatic heterocycles. The number of benzene rings is 1. The molecule has 2 aromatic rings.